The number of esters is 1. The number of hydrogen-bond donors (Lipinski definition) is 1. The Balaban J connectivity index is 1.51. The van der Waals surface area contributed by atoms with Crippen LogP contribution < -0.4 is 5.32 Å². The lowest BCUT2D eigenvalue weighted by molar-refractivity contribution is -0.142. The molecule has 5 heteroatoms. The molecule has 0 spiro atoms. The first kappa shape index (κ1) is 15.0. The summed E-state index contributed by atoms with van der Waals surface area (Å²) in [6.45, 7) is 0.346. The van der Waals surface area contributed by atoms with Crippen molar-refractivity contribution in [2.75, 3.05) is 6.61 Å². The molecule has 1 saturated heterocycles. The number of carbonyl (C=O) groups excluding carboxylic acids is 3. The Morgan fingerprint density at radius 2 is 1.95 bits per heavy atom. The van der Waals surface area contributed by atoms with E-state index in [2.05, 4.69) is 5.32 Å². The van der Waals surface area contributed by atoms with Crippen molar-refractivity contribution in [2.24, 2.45) is 5.92 Å². The van der Waals surface area contributed by atoms with Crippen molar-refractivity contribution in [3.63, 3.8) is 0 Å². The Morgan fingerprint density at radius 3 is 2.60 bits per heavy atom. The first-order chi connectivity index (χ1) is 9.65. The summed E-state index contributed by atoms with van der Waals surface area (Å²) in [6.07, 6.45) is 8.02. The molecule has 0 aromatic heterocycles. The first-order valence-corrected chi connectivity index (χ1v) is 7.63. The Morgan fingerprint density at radius 1 is 1.15 bits per heavy atom. The van der Waals surface area contributed by atoms with Crippen LogP contribution in [0.15, 0.2) is 0 Å². The topological polar surface area (TPSA) is 72.5 Å². The highest BCUT2D eigenvalue weighted by Crippen LogP contribution is 2.34. The average molecular weight is 281 g/mol. The minimum Gasteiger partial charge on any atom is -0.464 e. The van der Waals surface area contributed by atoms with E-state index >= 15 is 0 Å². The van der Waals surface area contributed by atoms with Crippen LogP contribution >= 0.6 is 0 Å². The van der Waals surface area contributed by atoms with Gasteiger partial charge in [0.25, 0.3) is 0 Å². The monoisotopic (exact) mass is 281 g/mol. The van der Waals surface area contributed by atoms with Crippen LogP contribution in [0, 0.1) is 5.92 Å². The number of ether oxygens (including phenoxy) is 1. The number of amides is 1. The van der Waals surface area contributed by atoms with E-state index in [9.17, 15) is 14.4 Å². The van der Waals surface area contributed by atoms with Gasteiger partial charge in [0.2, 0.25) is 5.91 Å². The number of nitrogens with one attached hydrogen (secondary N) is 1. The molecule has 0 bridgehead atoms. The molecule has 1 amide bonds. The molecule has 112 valence electrons. The zero-order chi connectivity index (χ0) is 14.4. The van der Waals surface area contributed by atoms with Crippen LogP contribution in [0.2, 0.25) is 0 Å². The summed E-state index contributed by atoms with van der Waals surface area (Å²) in [5.74, 6) is 0.144. The first-order valence-electron chi connectivity index (χ1n) is 7.63. The van der Waals surface area contributed by atoms with Gasteiger partial charge in [0.15, 0.2) is 0 Å². The molecule has 5 nitrogen and oxygen atoms in total. The minimum atomic E-state index is -0.561. The number of cyclic esters (lactones) is 1. The molecule has 1 N–H and O–H groups in total. The van der Waals surface area contributed by atoms with Crippen molar-refractivity contribution < 1.29 is 19.1 Å². The summed E-state index contributed by atoms with van der Waals surface area (Å²) in [5, 5.41) is 2.55. The lowest BCUT2D eigenvalue weighted by Gasteiger charge is -2.08. The highest BCUT2D eigenvalue weighted by atomic mass is 16.5. The smallest absolute Gasteiger partial charge is 0.328 e. The highest BCUT2D eigenvalue weighted by molar-refractivity contribution is 5.99. The quantitative estimate of drug-likeness (QED) is 0.397. The number of rotatable bonds is 9. The van der Waals surface area contributed by atoms with Gasteiger partial charge in [-0.3, -0.25) is 9.59 Å². The molecule has 1 saturated carbocycles. The van der Waals surface area contributed by atoms with Crippen LogP contribution in [-0.2, 0) is 19.1 Å². The van der Waals surface area contributed by atoms with Gasteiger partial charge in [0.05, 0.1) is 13.0 Å². The Bertz CT molecular complexity index is 376. The van der Waals surface area contributed by atoms with E-state index in [-0.39, 0.29) is 18.1 Å². The van der Waals surface area contributed by atoms with E-state index in [1.54, 1.807) is 0 Å². The molecule has 0 aromatic carbocycles. The lowest BCUT2D eigenvalue weighted by atomic mass is 10.1. The van der Waals surface area contributed by atoms with Crippen LogP contribution in [0.1, 0.15) is 57.8 Å². The van der Waals surface area contributed by atoms with Gasteiger partial charge >= 0.3 is 5.97 Å². The fourth-order valence-corrected chi connectivity index (χ4v) is 2.48. The number of Topliss-reactive ketones (excluding diaryl/α,β-unsaturated/α-hetero) is 1. The van der Waals surface area contributed by atoms with Crippen molar-refractivity contribution >= 4 is 17.7 Å². The van der Waals surface area contributed by atoms with E-state index in [0.29, 0.717) is 19.4 Å². The molecule has 2 rings (SSSR count). The maximum absolute atomic E-state index is 11.6. The zero-order valence-corrected chi connectivity index (χ0v) is 11.9. The Labute approximate surface area is 119 Å². The molecule has 2 fully saturated rings. The van der Waals surface area contributed by atoms with Crippen LogP contribution in [0.5, 0.6) is 0 Å². The van der Waals surface area contributed by atoms with Gasteiger partial charge in [-0.2, -0.15) is 0 Å². The standard InChI is InChI=1S/C15H23NO4/c17-12(5-3-1-2-4-11-6-7-11)10-14(18)16-13-8-9-20-15(13)19/h11,13H,1-10H2,(H,16,18)/t13-/m0/s1. The fourth-order valence-electron chi connectivity index (χ4n) is 2.48. The maximum Gasteiger partial charge on any atom is 0.328 e. The van der Waals surface area contributed by atoms with Crippen molar-refractivity contribution in [3.05, 3.63) is 0 Å². The normalized spacial score (nSPS) is 21.6. The third-order valence-electron chi connectivity index (χ3n) is 3.89. The second-order valence-corrected chi connectivity index (χ2v) is 5.83. The summed E-state index contributed by atoms with van der Waals surface area (Å²) in [6, 6.07) is -0.561. The summed E-state index contributed by atoms with van der Waals surface area (Å²) in [4.78, 5) is 34.4. The zero-order valence-electron chi connectivity index (χ0n) is 11.9. The summed E-state index contributed by atoms with van der Waals surface area (Å²) >= 11 is 0. The van der Waals surface area contributed by atoms with Crippen LogP contribution in [0.25, 0.3) is 0 Å². The van der Waals surface area contributed by atoms with Crippen LogP contribution in [-0.4, -0.2) is 30.3 Å². The predicted octanol–water partition coefficient (Wildman–Crippen LogP) is 1.74. The second-order valence-electron chi connectivity index (χ2n) is 5.83. The molecule has 2 aliphatic rings. The number of unbranched alkanes of at least 4 members (excludes halogenated alkanes) is 2. The van der Waals surface area contributed by atoms with E-state index < -0.39 is 12.0 Å². The van der Waals surface area contributed by atoms with Crippen molar-refractivity contribution in [1.82, 2.24) is 5.32 Å². The Hall–Kier alpha value is -1.39. The van der Waals surface area contributed by atoms with E-state index in [1.165, 1.54) is 25.7 Å². The van der Waals surface area contributed by atoms with Gasteiger partial charge in [-0.25, -0.2) is 4.79 Å². The molecule has 1 atom stereocenters. The molecule has 1 aliphatic carbocycles. The summed E-state index contributed by atoms with van der Waals surface area (Å²) < 4.78 is 4.75. The SMILES string of the molecule is O=C(CCCCCC1CC1)CC(=O)N[C@H]1CCOC1=O. The molecule has 0 unspecified atom stereocenters. The molecular weight excluding hydrogens is 258 g/mol. The van der Waals surface area contributed by atoms with Gasteiger partial charge in [-0.15, -0.1) is 0 Å². The predicted molar refractivity (Wildman–Crippen MR) is 72.9 cm³/mol. The average Bonchev–Trinajstić information content (AvgIpc) is 3.13. The van der Waals surface area contributed by atoms with Crippen molar-refractivity contribution in [2.45, 2.75) is 63.8 Å². The molecular formula is C15H23NO4. The molecule has 1 heterocycles. The number of carbonyl (C=O) groups is 3. The minimum absolute atomic E-state index is 0.0414. The van der Waals surface area contributed by atoms with E-state index in [0.717, 1.165) is 18.8 Å². The third kappa shape index (κ3) is 5.31. The van der Waals surface area contributed by atoms with Crippen LogP contribution in [0.3, 0.4) is 0 Å². The fraction of sp³-hybridized carbons (Fsp3) is 0.800. The molecule has 20 heavy (non-hydrogen) atoms. The van der Waals surface area contributed by atoms with Gasteiger partial charge in [-0.05, 0) is 12.3 Å². The van der Waals surface area contributed by atoms with Crippen molar-refractivity contribution in [3.8, 4) is 0 Å². The summed E-state index contributed by atoms with van der Waals surface area (Å²) in [7, 11) is 0. The van der Waals surface area contributed by atoms with Gasteiger partial charge in [0.1, 0.15) is 11.8 Å². The second kappa shape index (κ2) is 7.41. The van der Waals surface area contributed by atoms with Gasteiger partial charge in [-0.1, -0.05) is 32.1 Å². The largest absolute Gasteiger partial charge is 0.464 e. The van der Waals surface area contributed by atoms with Gasteiger partial charge in [0, 0.05) is 12.8 Å². The van der Waals surface area contributed by atoms with Gasteiger partial charge < -0.3 is 10.1 Å². The molecule has 1 aliphatic heterocycles. The number of hydrogen-bond acceptors (Lipinski definition) is 4. The molecule has 0 radical (unpaired) electrons. The van der Waals surface area contributed by atoms with Crippen LogP contribution in [0.4, 0.5) is 0 Å². The Kier molecular flexibility index (Phi) is 5.56. The van der Waals surface area contributed by atoms with Crippen molar-refractivity contribution in [1.29, 1.82) is 0 Å². The highest BCUT2D eigenvalue weighted by Gasteiger charge is 2.28. The third-order valence-corrected chi connectivity index (χ3v) is 3.89. The molecule has 0 aromatic rings. The van der Waals surface area contributed by atoms with E-state index in [1.807, 2.05) is 0 Å². The summed E-state index contributed by atoms with van der Waals surface area (Å²) in [5.41, 5.74) is 0. The van der Waals surface area contributed by atoms with E-state index in [4.69, 9.17) is 4.74 Å². The maximum atomic E-state index is 11.6. The lowest BCUT2D eigenvalue weighted by Crippen LogP contribution is -2.38. The number of ketones is 1.